The van der Waals surface area contributed by atoms with Crippen molar-refractivity contribution in [1.29, 1.82) is 0 Å². The molecule has 3 amide bonds. The molecule has 1 aliphatic carbocycles. The summed E-state index contributed by atoms with van der Waals surface area (Å²) in [5.41, 5.74) is 2.37. The summed E-state index contributed by atoms with van der Waals surface area (Å²) in [6.45, 7) is 3.33. The minimum Gasteiger partial charge on any atom is -0.292 e. The van der Waals surface area contributed by atoms with Crippen LogP contribution in [0.25, 0.3) is 0 Å². The van der Waals surface area contributed by atoms with Gasteiger partial charge in [-0.3, -0.25) is 19.2 Å². The lowest BCUT2D eigenvalue weighted by molar-refractivity contribution is -0.154. The topological polar surface area (TPSA) is 74.8 Å². The molecule has 0 aromatic heterocycles. The van der Waals surface area contributed by atoms with E-state index < -0.39 is 41.9 Å². The summed E-state index contributed by atoms with van der Waals surface area (Å²) in [5.74, 6) is -3.18. The van der Waals surface area contributed by atoms with Crippen LogP contribution in [0, 0.1) is 25.7 Å². The molecule has 0 saturated carbocycles. The van der Waals surface area contributed by atoms with Crippen LogP contribution in [0.3, 0.4) is 0 Å². The first-order valence-corrected chi connectivity index (χ1v) is 11.3. The first-order valence-electron chi connectivity index (χ1n) is 10.6. The third-order valence-corrected chi connectivity index (χ3v) is 6.79. The molecule has 1 fully saturated rings. The summed E-state index contributed by atoms with van der Waals surface area (Å²) in [5, 5.41) is 2.17. The van der Waals surface area contributed by atoms with Crippen molar-refractivity contribution in [3.63, 3.8) is 0 Å². The molecule has 2 unspecified atom stereocenters. The number of carbonyl (C=O) groups is 4. The maximum Gasteiger partial charge on any atom is 0.274 e. The molecule has 8 heteroatoms. The Morgan fingerprint density at radius 2 is 1.58 bits per heavy atom. The smallest absolute Gasteiger partial charge is 0.274 e. The van der Waals surface area contributed by atoms with Gasteiger partial charge in [-0.15, -0.1) is 0 Å². The number of benzene rings is 2. The van der Waals surface area contributed by atoms with Gasteiger partial charge < -0.3 is 0 Å². The van der Waals surface area contributed by atoms with Gasteiger partial charge in [-0.05, 0) is 62.1 Å². The van der Waals surface area contributed by atoms with E-state index in [1.165, 1.54) is 18.2 Å². The van der Waals surface area contributed by atoms with E-state index in [-0.39, 0.29) is 10.6 Å². The van der Waals surface area contributed by atoms with Crippen LogP contribution in [0.4, 0.5) is 0 Å². The van der Waals surface area contributed by atoms with Crippen LogP contribution in [0.2, 0.25) is 10.0 Å². The molecule has 0 bridgehead atoms. The molecule has 4 rings (SSSR count). The third-order valence-electron chi connectivity index (χ3n) is 6.24. The highest BCUT2D eigenvalue weighted by Crippen LogP contribution is 2.36. The standard InChI is InChI=1S/C25H22Cl2N2O4/c1-14-7-8-16(11-15(14)2)22(30)13-28(23(31)20-10-9-17(26)12-21(20)27)29-24(32)18-5-3-4-6-19(18)25(29)33/h3-4,7-12,18-19H,5-6,13H2,1-2H3. The average Bonchev–Trinajstić information content (AvgIpc) is 3.04. The van der Waals surface area contributed by atoms with Crippen LogP contribution in [0.5, 0.6) is 0 Å². The Kier molecular flexibility index (Phi) is 6.41. The summed E-state index contributed by atoms with van der Waals surface area (Å²) >= 11 is 12.2. The van der Waals surface area contributed by atoms with Gasteiger partial charge in [0, 0.05) is 10.6 Å². The second kappa shape index (κ2) is 9.12. The fraction of sp³-hybridized carbons (Fsp3) is 0.280. The molecule has 1 heterocycles. The number of fused-ring (bicyclic) bond motifs is 1. The molecule has 2 aromatic rings. The van der Waals surface area contributed by atoms with Gasteiger partial charge in [0.1, 0.15) is 6.54 Å². The Morgan fingerprint density at radius 1 is 0.939 bits per heavy atom. The number of nitrogens with zero attached hydrogens (tertiary/aromatic N) is 2. The number of hydrogen-bond acceptors (Lipinski definition) is 4. The molecule has 1 aliphatic heterocycles. The molecule has 0 N–H and O–H groups in total. The normalized spacial score (nSPS) is 19.6. The molecule has 33 heavy (non-hydrogen) atoms. The lowest BCUT2D eigenvalue weighted by atomic mass is 9.85. The van der Waals surface area contributed by atoms with Crippen molar-refractivity contribution in [1.82, 2.24) is 10.0 Å². The fourth-order valence-corrected chi connectivity index (χ4v) is 4.69. The number of aryl methyl sites for hydroxylation is 2. The molecule has 170 valence electrons. The number of halogens is 2. The average molecular weight is 485 g/mol. The molecule has 2 aliphatic rings. The summed E-state index contributed by atoms with van der Waals surface area (Å²) < 4.78 is 0. The van der Waals surface area contributed by atoms with Gasteiger partial charge in [-0.25, -0.2) is 5.01 Å². The van der Waals surface area contributed by atoms with Crippen molar-refractivity contribution in [3.05, 3.63) is 80.8 Å². The van der Waals surface area contributed by atoms with E-state index >= 15 is 0 Å². The maximum absolute atomic E-state index is 13.5. The number of hydrogen-bond donors (Lipinski definition) is 0. The van der Waals surface area contributed by atoms with Crippen molar-refractivity contribution >= 4 is 46.7 Å². The Hall–Kier alpha value is -2.96. The molecular weight excluding hydrogens is 463 g/mol. The second-order valence-electron chi connectivity index (χ2n) is 8.35. The van der Waals surface area contributed by atoms with Crippen LogP contribution in [0.1, 0.15) is 44.7 Å². The number of hydrazine groups is 1. The second-order valence-corrected chi connectivity index (χ2v) is 9.20. The molecular formula is C25H22Cl2N2O4. The van der Waals surface area contributed by atoms with E-state index in [1.54, 1.807) is 12.1 Å². The van der Waals surface area contributed by atoms with Gasteiger partial charge >= 0.3 is 0 Å². The number of carbonyl (C=O) groups excluding carboxylic acids is 4. The minimum atomic E-state index is -0.720. The van der Waals surface area contributed by atoms with E-state index in [2.05, 4.69) is 0 Å². The van der Waals surface area contributed by atoms with Crippen molar-refractivity contribution < 1.29 is 19.2 Å². The highest BCUT2D eigenvalue weighted by atomic mass is 35.5. The van der Waals surface area contributed by atoms with Crippen molar-refractivity contribution in [3.8, 4) is 0 Å². The highest BCUT2D eigenvalue weighted by Gasteiger charge is 2.51. The highest BCUT2D eigenvalue weighted by molar-refractivity contribution is 6.36. The van der Waals surface area contributed by atoms with E-state index in [1.807, 2.05) is 32.1 Å². The van der Waals surface area contributed by atoms with Gasteiger partial charge in [0.05, 0.1) is 22.4 Å². The zero-order valence-corrected chi connectivity index (χ0v) is 19.7. The Morgan fingerprint density at radius 3 is 2.15 bits per heavy atom. The predicted octanol–water partition coefficient (Wildman–Crippen LogP) is 4.80. The lowest BCUT2D eigenvalue weighted by Crippen LogP contribution is -2.52. The number of imide groups is 1. The zero-order chi connectivity index (χ0) is 23.9. The van der Waals surface area contributed by atoms with Crippen LogP contribution >= 0.6 is 23.2 Å². The van der Waals surface area contributed by atoms with E-state index in [0.29, 0.717) is 23.4 Å². The number of amides is 3. The van der Waals surface area contributed by atoms with Gasteiger partial charge in [0.15, 0.2) is 5.78 Å². The van der Waals surface area contributed by atoms with Gasteiger partial charge in [0.2, 0.25) is 0 Å². The Balaban J connectivity index is 1.72. The molecule has 0 radical (unpaired) electrons. The molecule has 2 atom stereocenters. The quantitative estimate of drug-likeness (QED) is 0.347. The Labute approximate surface area is 201 Å². The first-order chi connectivity index (χ1) is 15.7. The largest absolute Gasteiger partial charge is 0.292 e. The minimum absolute atomic E-state index is 0.0440. The summed E-state index contributed by atoms with van der Waals surface area (Å²) in [6.07, 6.45) is 4.55. The van der Waals surface area contributed by atoms with Crippen molar-refractivity contribution in [2.75, 3.05) is 6.54 Å². The van der Waals surface area contributed by atoms with Gasteiger partial charge in [0.25, 0.3) is 17.7 Å². The van der Waals surface area contributed by atoms with Gasteiger partial charge in [-0.1, -0.05) is 47.5 Å². The fourth-order valence-electron chi connectivity index (χ4n) is 4.20. The third kappa shape index (κ3) is 4.33. The number of rotatable bonds is 5. The number of Topliss-reactive ketones (excluding diaryl/α,β-unsaturated/α-hetero) is 1. The predicted molar refractivity (Wildman–Crippen MR) is 125 cm³/mol. The molecule has 6 nitrogen and oxygen atoms in total. The van der Waals surface area contributed by atoms with Crippen LogP contribution in [0.15, 0.2) is 48.6 Å². The molecule has 2 aromatic carbocycles. The van der Waals surface area contributed by atoms with Gasteiger partial charge in [-0.2, -0.15) is 5.01 Å². The number of ketones is 1. The van der Waals surface area contributed by atoms with Crippen LogP contribution in [-0.4, -0.2) is 40.1 Å². The van der Waals surface area contributed by atoms with E-state index in [9.17, 15) is 19.2 Å². The van der Waals surface area contributed by atoms with E-state index in [4.69, 9.17) is 23.2 Å². The van der Waals surface area contributed by atoms with Crippen molar-refractivity contribution in [2.24, 2.45) is 11.8 Å². The monoisotopic (exact) mass is 484 g/mol. The number of allylic oxidation sites excluding steroid dienone is 2. The van der Waals surface area contributed by atoms with Crippen LogP contribution in [-0.2, 0) is 9.59 Å². The summed E-state index contributed by atoms with van der Waals surface area (Å²) in [7, 11) is 0. The maximum atomic E-state index is 13.5. The molecule has 1 saturated heterocycles. The van der Waals surface area contributed by atoms with Crippen LogP contribution < -0.4 is 0 Å². The first kappa shape index (κ1) is 23.2. The zero-order valence-electron chi connectivity index (χ0n) is 18.2. The lowest BCUT2D eigenvalue weighted by Gasteiger charge is -2.30. The summed E-state index contributed by atoms with van der Waals surface area (Å²) in [6, 6.07) is 9.52. The SMILES string of the molecule is Cc1ccc(C(=O)CN(C(=O)c2ccc(Cl)cc2Cl)N2C(=O)C3CC=CCC3C2=O)cc1C. The van der Waals surface area contributed by atoms with Crippen molar-refractivity contribution in [2.45, 2.75) is 26.7 Å². The van der Waals surface area contributed by atoms with E-state index in [0.717, 1.165) is 21.1 Å². The molecule has 0 spiro atoms. The Bertz CT molecular complexity index is 1180. The summed E-state index contributed by atoms with van der Waals surface area (Å²) in [4.78, 5) is 53.1.